The van der Waals surface area contributed by atoms with Crippen LogP contribution in [0.3, 0.4) is 0 Å². The zero-order chi connectivity index (χ0) is 30.5. The van der Waals surface area contributed by atoms with Crippen molar-refractivity contribution in [2.24, 2.45) is 0 Å². The molecule has 1 atom stereocenters. The molecule has 1 aromatic heterocycles. The highest BCUT2D eigenvalue weighted by molar-refractivity contribution is 5.93. The number of carbonyl (C=O) groups is 1. The predicted molar refractivity (Wildman–Crippen MR) is 160 cm³/mol. The first-order valence-electron chi connectivity index (χ1n) is 13.5. The minimum Gasteiger partial charge on any atom is -0.504 e. The second-order valence-corrected chi connectivity index (χ2v) is 9.85. The van der Waals surface area contributed by atoms with Gasteiger partial charge in [0.15, 0.2) is 16.9 Å². The number of hydrogen-bond acceptors (Lipinski definition) is 9. The normalized spacial score (nSPS) is 11.7. The molecule has 3 N–H and O–H groups in total. The highest BCUT2D eigenvalue weighted by atomic mass is 16.5. The van der Waals surface area contributed by atoms with Crippen molar-refractivity contribution in [3.05, 3.63) is 112 Å². The van der Waals surface area contributed by atoms with Gasteiger partial charge in [0.2, 0.25) is 5.75 Å². The maximum absolute atomic E-state index is 13.2. The SMILES string of the molecule is COC(=O)C[C@@H](c1ccc(OCCc2ccc(OC)cc2)cc1)c1c(O)c(O)c(O)c2c(=O)cc(-c3ccccc3)oc12. The Morgan fingerprint density at radius 1 is 0.837 bits per heavy atom. The summed E-state index contributed by atoms with van der Waals surface area (Å²) < 4.78 is 22.1. The summed E-state index contributed by atoms with van der Waals surface area (Å²) in [6, 6.07) is 24.6. The molecule has 0 saturated heterocycles. The third-order valence-corrected chi connectivity index (χ3v) is 7.24. The van der Waals surface area contributed by atoms with E-state index in [1.807, 2.05) is 30.3 Å². The Balaban J connectivity index is 1.53. The standard InChI is InChI=1S/C34H30O9/c1-40-23-12-8-20(9-13-23)16-17-42-24-14-10-21(11-15-24)25(18-28(36)41-2)29-31(37)33(39)32(38)30-26(35)19-27(43-34(29)30)22-6-4-3-5-7-22/h3-15,19,25,37-39H,16-18H2,1-2H3/t25-/m0/s1. The van der Waals surface area contributed by atoms with Gasteiger partial charge in [0.1, 0.15) is 28.2 Å². The van der Waals surface area contributed by atoms with Crippen molar-refractivity contribution in [1.82, 2.24) is 0 Å². The second kappa shape index (κ2) is 12.6. The van der Waals surface area contributed by atoms with Crippen LogP contribution in [0.15, 0.2) is 94.1 Å². The minimum absolute atomic E-state index is 0.0428. The molecule has 0 unspecified atom stereocenters. The van der Waals surface area contributed by atoms with E-state index in [1.54, 1.807) is 55.6 Å². The van der Waals surface area contributed by atoms with Crippen LogP contribution in [-0.2, 0) is 16.0 Å². The van der Waals surface area contributed by atoms with Crippen LogP contribution in [0.4, 0.5) is 0 Å². The zero-order valence-corrected chi connectivity index (χ0v) is 23.6. The van der Waals surface area contributed by atoms with Gasteiger partial charge in [-0.25, -0.2) is 0 Å². The van der Waals surface area contributed by atoms with E-state index in [0.29, 0.717) is 29.9 Å². The lowest BCUT2D eigenvalue weighted by atomic mass is 9.86. The lowest BCUT2D eigenvalue weighted by Gasteiger charge is -2.21. The van der Waals surface area contributed by atoms with Gasteiger partial charge >= 0.3 is 5.97 Å². The zero-order valence-electron chi connectivity index (χ0n) is 23.6. The molecular weight excluding hydrogens is 552 g/mol. The van der Waals surface area contributed by atoms with Crippen molar-refractivity contribution in [1.29, 1.82) is 0 Å². The number of esters is 1. The fraction of sp³-hybridized carbons (Fsp3) is 0.176. The highest BCUT2D eigenvalue weighted by Gasteiger charge is 2.31. The molecule has 0 aliphatic rings. The van der Waals surface area contributed by atoms with Crippen LogP contribution in [0.25, 0.3) is 22.3 Å². The molecular formula is C34H30O9. The molecule has 0 fully saturated rings. The van der Waals surface area contributed by atoms with E-state index in [0.717, 1.165) is 11.3 Å². The van der Waals surface area contributed by atoms with Gasteiger partial charge < -0.3 is 33.9 Å². The number of methoxy groups -OCH3 is 2. The Morgan fingerprint density at radius 2 is 1.51 bits per heavy atom. The van der Waals surface area contributed by atoms with Crippen molar-refractivity contribution in [3.63, 3.8) is 0 Å². The molecule has 4 aromatic carbocycles. The summed E-state index contributed by atoms with van der Waals surface area (Å²) in [5.41, 5.74) is 1.38. The van der Waals surface area contributed by atoms with Gasteiger partial charge in [0.05, 0.1) is 27.2 Å². The van der Waals surface area contributed by atoms with Gasteiger partial charge in [-0.2, -0.15) is 0 Å². The molecule has 9 heteroatoms. The van der Waals surface area contributed by atoms with Gasteiger partial charge in [-0.1, -0.05) is 54.6 Å². The Bertz CT molecular complexity index is 1790. The van der Waals surface area contributed by atoms with E-state index in [1.165, 1.54) is 13.2 Å². The van der Waals surface area contributed by atoms with Crippen LogP contribution < -0.4 is 14.9 Å². The topological polar surface area (TPSA) is 136 Å². The van der Waals surface area contributed by atoms with Crippen LogP contribution in [0.2, 0.25) is 0 Å². The van der Waals surface area contributed by atoms with Crippen LogP contribution in [0, 0.1) is 0 Å². The Hall–Kier alpha value is -5.44. The van der Waals surface area contributed by atoms with Gasteiger partial charge in [-0.05, 0) is 35.4 Å². The fourth-order valence-corrected chi connectivity index (χ4v) is 4.95. The van der Waals surface area contributed by atoms with Crippen LogP contribution in [0.1, 0.15) is 29.0 Å². The first-order chi connectivity index (χ1) is 20.8. The smallest absolute Gasteiger partial charge is 0.306 e. The van der Waals surface area contributed by atoms with E-state index in [4.69, 9.17) is 18.6 Å². The first kappa shape index (κ1) is 29.1. The van der Waals surface area contributed by atoms with Crippen molar-refractivity contribution < 1.29 is 38.7 Å². The third-order valence-electron chi connectivity index (χ3n) is 7.24. The molecule has 220 valence electrons. The minimum atomic E-state index is -0.927. The number of hydrogen-bond donors (Lipinski definition) is 3. The molecule has 0 aliphatic heterocycles. The van der Waals surface area contributed by atoms with Crippen LogP contribution in [0.5, 0.6) is 28.7 Å². The van der Waals surface area contributed by atoms with Gasteiger partial charge in [0.25, 0.3) is 0 Å². The van der Waals surface area contributed by atoms with Gasteiger partial charge in [0, 0.05) is 29.5 Å². The molecule has 43 heavy (non-hydrogen) atoms. The molecule has 0 saturated carbocycles. The maximum Gasteiger partial charge on any atom is 0.306 e. The number of ether oxygens (including phenoxy) is 3. The number of aromatic hydroxyl groups is 3. The van der Waals surface area contributed by atoms with Crippen LogP contribution >= 0.6 is 0 Å². The molecule has 5 aromatic rings. The monoisotopic (exact) mass is 582 g/mol. The Kier molecular flexibility index (Phi) is 8.52. The largest absolute Gasteiger partial charge is 0.504 e. The average Bonchev–Trinajstić information content (AvgIpc) is 3.04. The number of fused-ring (bicyclic) bond motifs is 1. The van der Waals surface area contributed by atoms with E-state index in [2.05, 4.69) is 0 Å². The Morgan fingerprint density at radius 3 is 2.16 bits per heavy atom. The number of carbonyl (C=O) groups excluding carboxylic acids is 1. The lowest BCUT2D eigenvalue weighted by molar-refractivity contribution is -0.140. The highest BCUT2D eigenvalue weighted by Crippen LogP contribution is 2.49. The first-order valence-corrected chi connectivity index (χ1v) is 13.5. The maximum atomic E-state index is 13.2. The molecule has 0 bridgehead atoms. The second-order valence-electron chi connectivity index (χ2n) is 9.85. The summed E-state index contributed by atoms with van der Waals surface area (Å²) in [7, 11) is 2.85. The van der Waals surface area contributed by atoms with Crippen molar-refractivity contribution in [3.8, 4) is 40.1 Å². The van der Waals surface area contributed by atoms with Crippen LogP contribution in [-0.4, -0.2) is 42.1 Å². The summed E-state index contributed by atoms with van der Waals surface area (Å²) in [6.45, 7) is 0.419. The fourth-order valence-electron chi connectivity index (χ4n) is 4.95. The number of rotatable bonds is 10. The molecule has 0 spiro atoms. The van der Waals surface area contributed by atoms with E-state index in [-0.39, 0.29) is 28.7 Å². The summed E-state index contributed by atoms with van der Waals surface area (Å²) in [5, 5.41) is 32.0. The number of benzene rings is 4. The summed E-state index contributed by atoms with van der Waals surface area (Å²) >= 11 is 0. The van der Waals surface area contributed by atoms with Crippen molar-refractivity contribution in [2.75, 3.05) is 20.8 Å². The van der Waals surface area contributed by atoms with E-state index < -0.39 is 34.6 Å². The summed E-state index contributed by atoms with van der Waals surface area (Å²) in [6.07, 6.45) is 0.409. The third kappa shape index (κ3) is 6.11. The van der Waals surface area contributed by atoms with Gasteiger partial charge in [-0.15, -0.1) is 0 Å². The van der Waals surface area contributed by atoms with Gasteiger partial charge in [-0.3, -0.25) is 9.59 Å². The molecule has 1 heterocycles. The van der Waals surface area contributed by atoms with E-state index in [9.17, 15) is 24.9 Å². The molecule has 0 aliphatic carbocycles. The van der Waals surface area contributed by atoms with Crippen molar-refractivity contribution in [2.45, 2.75) is 18.8 Å². The summed E-state index contributed by atoms with van der Waals surface area (Å²) in [4.78, 5) is 25.8. The molecule has 0 amide bonds. The predicted octanol–water partition coefficient (Wildman–Crippen LogP) is 5.90. The molecule has 9 nitrogen and oxygen atoms in total. The Labute approximate surface area is 247 Å². The lowest BCUT2D eigenvalue weighted by Crippen LogP contribution is -2.12. The van der Waals surface area contributed by atoms with E-state index >= 15 is 0 Å². The molecule has 0 radical (unpaired) electrons. The average molecular weight is 583 g/mol. The molecule has 5 rings (SSSR count). The van der Waals surface area contributed by atoms with Crippen molar-refractivity contribution >= 4 is 16.9 Å². The number of phenolic OH excluding ortho intramolecular Hbond substituents is 3. The summed E-state index contributed by atoms with van der Waals surface area (Å²) in [5.74, 6) is -2.42. The number of phenols is 3. The quantitative estimate of drug-likeness (QED) is 0.136.